The van der Waals surface area contributed by atoms with Crippen molar-refractivity contribution in [2.45, 2.75) is 35.6 Å². The zero-order chi connectivity index (χ0) is 11.1. The predicted octanol–water partition coefficient (Wildman–Crippen LogP) is 2.17. The van der Waals surface area contributed by atoms with Gasteiger partial charge in [-0.05, 0) is 36.1 Å². The molecule has 0 aromatic heterocycles. The fraction of sp³-hybridized carbons (Fsp3) is 0.417. The molecular formula is C12H13NO2S. The van der Waals surface area contributed by atoms with Crippen LogP contribution in [0.1, 0.15) is 30.0 Å². The molecule has 4 heteroatoms. The van der Waals surface area contributed by atoms with Gasteiger partial charge in [0, 0.05) is 16.7 Å². The standard InChI is InChI=1S/C12H13NO2S/c14-12(15)11-10-4-3-9(16-8-1-2-8)5-7(10)6-13-11/h3-5,8,11,13H,1-2,6H2,(H,14,15). The summed E-state index contributed by atoms with van der Waals surface area (Å²) in [6.07, 6.45) is 2.63. The van der Waals surface area contributed by atoms with Crippen LogP contribution < -0.4 is 5.32 Å². The largest absolute Gasteiger partial charge is 0.480 e. The van der Waals surface area contributed by atoms with Crippen LogP contribution in [-0.2, 0) is 11.3 Å². The Morgan fingerprint density at radius 1 is 1.44 bits per heavy atom. The van der Waals surface area contributed by atoms with Crippen LogP contribution in [0.2, 0.25) is 0 Å². The highest BCUT2D eigenvalue weighted by Gasteiger charge is 2.28. The minimum atomic E-state index is -0.790. The molecule has 1 atom stereocenters. The molecule has 0 saturated heterocycles. The van der Waals surface area contributed by atoms with Crippen molar-refractivity contribution in [1.29, 1.82) is 0 Å². The second-order valence-corrected chi connectivity index (χ2v) is 5.70. The average molecular weight is 235 g/mol. The van der Waals surface area contributed by atoms with E-state index >= 15 is 0 Å². The molecule has 1 heterocycles. The summed E-state index contributed by atoms with van der Waals surface area (Å²) in [5.74, 6) is -0.790. The van der Waals surface area contributed by atoms with E-state index < -0.39 is 12.0 Å². The fourth-order valence-electron chi connectivity index (χ4n) is 2.01. The van der Waals surface area contributed by atoms with E-state index in [1.54, 1.807) is 0 Å². The van der Waals surface area contributed by atoms with E-state index in [0.717, 1.165) is 16.4 Å². The summed E-state index contributed by atoms with van der Waals surface area (Å²) in [7, 11) is 0. The van der Waals surface area contributed by atoms with Crippen LogP contribution >= 0.6 is 11.8 Å². The van der Waals surface area contributed by atoms with Gasteiger partial charge >= 0.3 is 5.97 Å². The van der Waals surface area contributed by atoms with Gasteiger partial charge in [0.15, 0.2) is 0 Å². The number of benzene rings is 1. The number of carboxylic acids is 1. The van der Waals surface area contributed by atoms with Gasteiger partial charge in [-0.15, -0.1) is 11.8 Å². The fourth-order valence-corrected chi connectivity index (χ4v) is 3.12. The third-order valence-corrected chi connectivity index (χ3v) is 4.33. The molecule has 3 nitrogen and oxygen atoms in total. The zero-order valence-electron chi connectivity index (χ0n) is 8.77. The van der Waals surface area contributed by atoms with E-state index in [0.29, 0.717) is 6.54 Å². The Labute approximate surface area is 98.2 Å². The smallest absolute Gasteiger partial charge is 0.325 e. The predicted molar refractivity (Wildman–Crippen MR) is 62.5 cm³/mol. The van der Waals surface area contributed by atoms with Crippen LogP contribution in [0.4, 0.5) is 0 Å². The summed E-state index contributed by atoms with van der Waals surface area (Å²) < 4.78 is 0. The molecule has 1 aromatic carbocycles. The number of carbonyl (C=O) groups is 1. The normalized spacial score (nSPS) is 23.1. The molecule has 2 aliphatic rings. The van der Waals surface area contributed by atoms with Crippen molar-refractivity contribution < 1.29 is 9.90 Å². The third-order valence-electron chi connectivity index (χ3n) is 3.00. The first-order chi connectivity index (χ1) is 7.74. The molecule has 1 fully saturated rings. The number of fused-ring (bicyclic) bond motifs is 1. The summed E-state index contributed by atoms with van der Waals surface area (Å²) in [4.78, 5) is 12.2. The maximum absolute atomic E-state index is 11.0. The van der Waals surface area contributed by atoms with Crippen molar-refractivity contribution in [2.75, 3.05) is 0 Å². The monoisotopic (exact) mass is 235 g/mol. The minimum absolute atomic E-state index is 0.519. The Hall–Kier alpha value is -1.00. The molecule has 0 amide bonds. The summed E-state index contributed by atoms with van der Waals surface area (Å²) in [5.41, 5.74) is 2.06. The van der Waals surface area contributed by atoms with Gasteiger partial charge in [-0.2, -0.15) is 0 Å². The molecule has 1 saturated carbocycles. The number of nitrogens with one attached hydrogen (secondary N) is 1. The molecule has 1 aliphatic carbocycles. The van der Waals surface area contributed by atoms with Crippen LogP contribution in [0.15, 0.2) is 23.1 Å². The maximum Gasteiger partial charge on any atom is 0.325 e. The topological polar surface area (TPSA) is 49.3 Å². The minimum Gasteiger partial charge on any atom is -0.480 e. The van der Waals surface area contributed by atoms with Crippen LogP contribution in [0, 0.1) is 0 Å². The number of carboxylic acid groups (broad SMARTS) is 1. The van der Waals surface area contributed by atoms with Gasteiger partial charge in [-0.1, -0.05) is 6.07 Å². The SMILES string of the molecule is O=C(O)C1NCc2cc(SC3CC3)ccc21. The van der Waals surface area contributed by atoms with Crippen LogP contribution in [0.5, 0.6) is 0 Å². The van der Waals surface area contributed by atoms with Crippen LogP contribution in [-0.4, -0.2) is 16.3 Å². The lowest BCUT2D eigenvalue weighted by atomic mass is 10.1. The van der Waals surface area contributed by atoms with Gasteiger partial charge in [-0.25, -0.2) is 0 Å². The molecule has 2 N–H and O–H groups in total. The van der Waals surface area contributed by atoms with E-state index in [2.05, 4.69) is 11.4 Å². The Balaban J connectivity index is 1.86. The first kappa shape index (κ1) is 10.2. The molecular weight excluding hydrogens is 222 g/mol. The van der Waals surface area contributed by atoms with Crippen molar-refractivity contribution in [3.63, 3.8) is 0 Å². The summed E-state index contributed by atoms with van der Waals surface area (Å²) in [6.45, 7) is 0.672. The van der Waals surface area contributed by atoms with Crippen molar-refractivity contribution >= 4 is 17.7 Å². The molecule has 3 rings (SSSR count). The first-order valence-electron chi connectivity index (χ1n) is 5.50. The summed E-state index contributed by atoms with van der Waals surface area (Å²) in [5, 5.41) is 12.8. The van der Waals surface area contributed by atoms with E-state index in [1.165, 1.54) is 17.7 Å². The Kier molecular flexibility index (Phi) is 2.41. The molecule has 0 bridgehead atoms. The van der Waals surface area contributed by atoms with E-state index in [1.807, 2.05) is 23.9 Å². The number of thioether (sulfide) groups is 1. The molecule has 84 valence electrons. The lowest BCUT2D eigenvalue weighted by Gasteiger charge is -2.06. The van der Waals surface area contributed by atoms with E-state index in [9.17, 15) is 4.79 Å². The lowest BCUT2D eigenvalue weighted by Crippen LogP contribution is -2.21. The van der Waals surface area contributed by atoms with E-state index in [-0.39, 0.29) is 0 Å². The Morgan fingerprint density at radius 3 is 2.94 bits per heavy atom. The van der Waals surface area contributed by atoms with Crippen molar-refractivity contribution in [3.05, 3.63) is 29.3 Å². The Morgan fingerprint density at radius 2 is 2.25 bits per heavy atom. The number of hydrogen-bond acceptors (Lipinski definition) is 3. The van der Waals surface area contributed by atoms with Crippen molar-refractivity contribution in [1.82, 2.24) is 5.32 Å². The summed E-state index contributed by atoms with van der Waals surface area (Å²) >= 11 is 1.91. The number of aliphatic carboxylic acids is 1. The van der Waals surface area contributed by atoms with Crippen molar-refractivity contribution in [2.24, 2.45) is 0 Å². The molecule has 1 aliphatic heterocycles. The molecule has 0 radical (unpaired) electrons. The zero-order valence-corrected chi connectivity index (χ0v) is 9.59. The van der Waals surface area contributed by atoms with Gasteiger partial charge < -0.3 is 5.11 Å². The van der Waals surface area contributed by atoms with Crippen molar-refractivity contribution in [3.8, 4) is 0 Å². The third kappa shape index (κ3) is 1.83. The second kappa shape index (κ2) is 3.79. The van der Waals surface area contributed by atoms with Gasteiger partial charge in [0.25, 0.3) is 0 Å². The maximum atomic E-state index is 11.0. The highest BCUT2D eigenvalue weighted by atomic mass is 32.2. The van der Waals surface area contributed by atoms with Crippen LogP contribution in [0.3, 0.4) is 0 Å². The molecule has 1 aromatic rings. The summed E-state index contributed by atoms with van der Waals surface area (Å²) in [6, 6.07) is 5.62. The van der Waals surface area contributed by atoms with E-state index in [4.69, 9.17) is 5.11 Å². The van der Waals surface area contributed by atoms with Gasteiger partial charge in [0.05, 0.1) is 0 Å². The van der Waals surface area contributed by atoms with Crippen LogP contribution in [0.25, 0.3) is 0 Å². The average Bonchev–Trinajstić information content (AvgIpc) is 2.96. The number of hydrogen-bond donors (Lipinski definition) is 2. The second-order valence-electron chi connectivity index (χ2n) is 4.33. The van der Waals surface area contributed by atoms with Gasteiger partial charge in [-0.3, -0.25) is 10.1 Å². The highest BCUT2D eigenvalue weighted by molar-refractivity contribution is 8.00. The molecule has 0 spiro atoms. The molecule has 1 unspecified atom stereocenters. The number of rotatable bonds is 3. The lowest BCUT2D eigenvalue weighted by molar-refractivity contribution is -0.139. The van der Waals surface area contributed by atoms with Gasteiger partial charge in [0.1, 0.15) is 6.04 Å². The van der Waals surface area contributed by atoms with Gasteiger partial charge in [0.2, 0.25) is 0 Å². The molecule has 16 heavy (non-hydrogen) atoms. The highest BCUT2D eigenvalue weighted by Crippen LogP contribution is 2.40. The first-order valence-corrected chi connectivity index (χ1v) is 6.37. The quantitative estimate of drug-likeness (QED) is 0.843. The Bertz CT molecular complexity index is 443.